The van der Waals surface area contributed by atoms with Crippen LogP contribution in [0.15, 0.2) is 24.8 Å². The summed E-state index contributed by atoms with van der Waals surface area (Å²) in [5.41, 5.74) is 8.12. The van der Waals surface area contributed by atoms with Crippen molar-refractivity contribution in [3.8, 4) is 17.3 Å². The molecule has 0 saturated heterocycles. The van der Waals surface area contributed by atoms with E-state index in [9.17, 15) is 10.1 Å². The lowest BCUT2D eigenvalue weighted by Gasteiger charge is -2.13. The Morgan fingerprint density at radius 2 is 2.36 bits per heavy atom. The molecule has 0 aromatic carbocycles. The van der Waals surface area contributed by atoms with Crippen molar-refractivity contribution in [1.82, 2.24) is 24.7 Å². The summed E-state index contributed by atoms with van der Waals surface area (Å²) >= 11 is 0. The highest BCUT2D eigenvalue weighted by Gasteiger charge is 2.29. The van der Waals surface area contributed by atoms with Gasteiger partial charge < -0.3 is 10.7 Å². The third-order valence-electron chi connectivity index (χ3n) is 4.78. The molecule has 25 heavy (non-hydrogen) atoms. The monoisotopic (exact) mass is 335 g/mol. The molecule has 2 atom stereocenters. The minimum Gasteiger partial charge on any atom is -0.382 e. The number of ketones is 1. The number of nitrogens with one attached hydrogen (secondary N) is 1. The van der Waals surface area contributed by atoms with E-state index in [1.165, 1.54) is 6.33 Å². The van der Waals surface area contributed by atoms with Gasteiger partial charge in [-0.05, 0) is 25.3 Å². The van der Waals surface area contributed by atoms with Crippen molar-refractivity contribution in [2.75, 3.05) is 5.73 Å². The van der Waals surface area contributed by atoms with Gasteiger partial charge in [-0.1, -0.05) is 0 Å². The fraction of sp³-hybridized carbons (Fsp3) is 0.353. The zero-order valence-electron chi connectivity index (χ0n) is 13.5. The molecule has 1 fully saturated rings. The first-order chi connectivity index (χ1) is 12.2. The number of carbonyl (C=O) groups is 1. The van der Waals surface area contributed by atoms with E-state index in [-0.39, 0.29) is 11.7 Å². The zero-order chi connectivity index (χ0) is 17.4. The molecule has 2 unspecified atom stereocenters. The molecule has 1 saturated carbocycles. The maximum atomic E-state index is 11.9. The summed E-state index contributed by atoms with van der Waals surface area (Å²) in [7, 11) is 0. The van der Waals surface area contributed by atoms with Crippen LogP contribution in [0.4, 0.5) is 5.82 Å². The average molecular weight is 335 g/mol. The number of Topliss-reactive ketones (excluding diaryl/α,β-unsaturated/α-hetero) is 1. The van der Waals surface area contributed by atoms with Gasteiger partial charge >= 0.3 is 0 Å². The summed E-state index contributed by atoms with van der Waals surface area (Å²) in [6.45, 7) is 0. The Balaban J connectivity index is 1.69. The Morgan fingerprint density at radius 1 is 1.48 bits per heavy atom. The second-order valence-electron chi connectivity index (χ2n) is 6.31. The van der Waals surface area contributed by atoms with Crippen molar-refractivity contribution in [1.29, 1.82) is 5.26 Å². The van der Waals surface area contributed by atoms with E-state index in [1.807, 2.05) is 6.07 Å². The SMILES string of the molecule is N#CC(CC1CCCC1=O)n1cc(-c2ncnc3[nH]ccc23)c(N)n1. The molecule has 0 bridgehead atoms. The van der Waals surface area contributed by atoms with Gasteiger partial charge in [-0.2, -0.15) is 10.4 Å². The predicted molar refractivity (Wildman–Crippen MR) is 91.1 cm³/mol. The molecule has 0 spiro atoms. The van der Waals surface area contributed by atoms with E-state index in [2.05, 4.69) is 26.1 Å². The van der Waals surface area contributed by atoms with Crippen molar-refractivity contribution in [3.63, 3.8) is 0 Å². The number of aromatic nitrogens is 5. The standard InChI is InChI=1S/C17H17N7O/c18-7-11(6-10-2-1-3-14(10)25)24-8-13(16(19)23-24)15-12-4-5-20-17(12)22-9-21-15/h4-5,8-11H,1-3,6H2,(H2,19,23)(H,20,21,22). The van der Waals surface area contributed by atoms with Gasteiger partial charge in [0.15, 0.2) is 5.82 Å². The van der Waals surface area contributed by atoms with Gasteiger partial charge in [-0.3, -0.25) is 9.48 Å². The fourth-order valence-electron chi connectivity index (χ4n) is 3.46. The Labute approximate surface area is 143 Å². The second kappa shape index (κ2) is 6.02. The Kier molecular flexibility index (Phi) is 3.69. The van der Waals surface area contributed by atoms with Crippen molar-refractivity contribution in [2.45, 2.75) is 31.7 Å². The number of nitrogen functional groups attached to an aromatic ring is 1. The molecule has 3 heterocycles. The van der Waals surface area contributed by atoms with Crippen molar-refractivity contribution >= 4 is 22.6 Å². The van der Waals surface area contributed by atoms with Crippen LogP contribution >= 0.6 is 0 Å². The van der Waals surface area contributed by atoms with Crippen molar-refractivity contribution < 1.29 is 4.79 Å². The van der Waals surface area contributed by atoms with Crippen LogP contribution in [0.3, 0.4) is 0 Å². The Morgan fingerprint density at radius 3 is 3.12 bits per heavy atom. The molecule has 126 valence electrons. The summed E-state index contributed by atoms with van der Waals surface area (Å²) in [4.78, 5) is 23.4. The van der Waals surface area contributed by atoms with Gasteiger partial charge in [0, 0.05) is 30.1 Å². The predicted octanol–water partition coefficient (Wildman–Crippen LogP) is 2.23. The summed E-state index contributed by atoms with van der Waals surface area (Å²) in [6.07, 6.45) is 7.81. The average Bonchev–Trinajstić information content (AvgIpc) is 3.32. The number of nitrogens with zero attached hydrogens (tertiary/aromatic N) is 5. The Bertz CT molecular complexity index is 980. The first-order valence-corrected chi connectivity index (χ1v) is 8.23. The van der Waals surface area contributed by atoms with Gasteiger partial charge in [-0.15, -0.1) is 0 Å². The largest absolute Gasteiger partial charge is 0.382 e. The number of nitriles is 1. The summed E-state index contributed by atoms with van der Waals surface area (Å²) in [5, 5.41) is 14.7. The third kappa shape index (κ3) is 2.63. The summed E-state index contributed by atoms with van der Waals surface area (Å²) in [6, 6.07) is 3.60. The number of carbonyl (C=O) groups excluding carboxylic acids is 1. The molecule has 3 aromatic rings. The van der Waals surface area contributed by atoms with Gasteiger partial charge in [0.1, 0.15) is 23.8 Å². The minimum atomic E-state index is -0.522. The van der Waals surface area contributed by atoms with Crippen molar-refractivity contribution in [3.05, 3.63) is 24.8 Å². The molecule has 3 aromatic heterocycles. The molecular weight excluding hydrogens is 318 g/mol. The number of aromatic amines is 1. The molecule has 3 N–H and O–H groups in total. The van der Waals surface area contributed by atoms with E-state index >= 15 is 0 Å². The number of fused-ring (bicyclic) bond motifs is 1. The smallest absolute Gasteiger partial charge is 0.155 e. The van der Waals surface area contributed by atoms with Crippen LogP contribution in [0, 0.1) is 17.2 Å². The van der Waals surface area contributed by atoms with Crippen LogP contribution in [-0.2, 0) is 4.79 Å². The van der Waals surface area contributed by atoms with Gasteiger partial charge in [0.2, 0.25) is 0 Å². The number of hydrogen-bond acceptors (Lipinski definition) is 6. The highest BCUT2D eigenvalue weighted by atomic mass is 16.1. The number of hydrogen-bond donors (Lipinski definition) is 2. The molecule has 8 heteroatoms. The van der Waals surface area contributed by atoms with E-state index < -0.39 is 6.04 Å². The van der Waals surface area contributed by atoms with Crippen LogP contribution in [0.25, 0.3) is 22.3 Å². The van der Waals surface area contributed by atoms with Crippen LogP contribution in [0.1, 0.15) is 31.7 Å². The maximum Gasteiger partial charge on any atom is 0.155 e. The molecule has 0 radical (unpaired) electrons. The summed E-state index contributed by atoms with van der Waals surface area (Å²) in [5.74, 6) is 0.485. The van der Waals surface area contributed by atoms with Crippen LogP contribution < -0.4 is 5.73 Å². The molecule has 8 nitrogen and oxygen atoms in total. The van der Waals surface area contributed by atoms with Crippen LogP contribution in [0.2, 0.25) is 0 Å². The lowest BCUT2D eigenvalue weighted by atomic mass is 9.98. The minimum absolute atomic E-state index is 0.0612. The first-order valence-electron chi connectivity index (χ1n) is 8.23. The number of nitrogens with two attached hydrogens (primary N) is 1. The Hall–Kier alpha value is -3.21. The molecule has 4 rings (SSSR count). The summed E-state index contributed by atoms with van der Waals surface area (Å²) < 4.78 is 1.55. The van der Waals surface area contributed by atoms with Gasteiger partial charge in [-0.25, -0.2) is 9.97 Å². The quantitative estimate of drug-likeness (QED) is 0.753. The number of anilines is 1. The zero-order valence-corrected chi connectivity index (χ0v) is 13.5. The number of rotatable bonds is 4. The fourth-order valence-corrected chi connectivity index (χ4v) is 3.46. The highest BCUT2D eigenvalue weighted by Crippen LogP contribution is 2.32. The lowest BCUT2D eigenvalue weighted by Crippen LogP contribution is -2.16. The molecule has 0 amide bonds. The highest BCUT2D eigenvalue weighted by molar-refractivity contribution is 5.93. The second-order valence-corrected chi connectivity index (χ2v) is 6.31. The molecule has 1 aliphatic carbocycles. The lowest BCUT2D eigenvalue weighted by molar-refractivity contribution is -0.120. The van der Waals surface area contributed by atoms with Crippen LogP contribution in [0.5, 0.6) is 0 Å². The molecule has 0 aliphatic heterocycles. The molecular formula is C17H17N7O. The van der Waals surface area contributed by atoms with Gasteiger partial charge in [0.25, 0.3) is 0 Å². The molecule has 1 aliphatic rings. The topological polar surface area (TPSA) is 126 Å². The van der Waals surface area contributed by atoms with E-state index in [1.54, 1.807) is 17.1 Å². The van der Waals surface area contributed by atoms with E-state index in [4.69, 9.17) is 5.73 Å². The third-order valence-corrected chi connectivity index (χ3v) is 4.78. The normalized spacial score (nSPS) is 18.5. The number of H-pyrrole nitrogens is 1. The van der Waals surface area contributed by atoms with Gasteiger partial charge in [0.05, 0.1) is 17.3 Å². The van der Waals surface area contributed by atoms with Crippen LogP contribution in [-0.4, -0.2) is 30.5 Å². The maximum absolute atomic E-state index is 11.9. The first kappa shape index (κ1) is 15.3. The van der Waals surface area contributed by atoms with E-state index in [0.29, 0.717) is 35.6 Å². The van der Waals surface area contributed by atoms with Crippen molar-refractivity contribution in [2.24, 2.45) is 5.92 Å². The van der Waals surface area contributed by atoms with E-state index in [0.717, 1.165) is 18.2 Å².